The molecule has 0 aliphatic rings. The van der Waals surface area contributed by atoms with Gasteiger partial charge in [0.25, 0.3) is 0 Å². The van der Waals surface area contributed by atoms with Crippen LogP contribution in [0.5, 0.6) is 11.6 Å². The molecule has 0 amide bonds. The smallest absolute Gasteiger partial charge is 0.222 e. The van der Waals surface area contributed by atoms with E-state index in [1.54, 1.807) is 0 Å². The Balaban J connectivity index is 2.02. The number of pyridine rings is 1. The van der Waals surface area contributed by atoms with Crippen LogP contribution in [-0.2, 0) is 13.2 Å². The minimum atomic E-state index is 0.0387. The predicted molar refractivity (Wildman–Crippen MR) is 83.4 cm³/mol. The number of nitrogens with zero attached hydrogens (tertiary/aromatic N) is 1. The molecule has 0 aliphatic carbocycles. The van der Waals surface area contributed by atoms with Gasteiger partial charge in [0.05, 0.1) is 6.61 Å². The molecular weight excluding hydrogens is 264 g/mol. The maximum atomic E-state index is 9.02. The average Bonchev–Trinajstić information content (AvgIpc) is 2.51. The van der Waals surface area contributed by atoms with Crippen LogP contribution in [-0.4, -0.2) is 16.6 Å². The number of aromatic nitrogens is 1. The molecule has 0 radical (unpaired) electrons. The van der Waals surface area contributed by atoms with Crippen molar-refractivity contribution in [3.05, 3.63) is 53.2 Å². The third-order valence-corrected chi connectivity index (χ3v) is 3.16. The zero-order valence-corrected chi connectivity index (χ0v) is 12.6. The van der Waals surface area contributed by atoms with Gasteiger partial charge in [-0.05, 0) is 49.2 Å². The molecule has 4 heteroatoms. The van der Waals surface area contributed by atoms with Gasteiger partial charge < -0.3 is 15.2 Å². The van der Waals surface area contributed by atoms with Crippen molar-refractivity contribution >= 4 is 0 Å². The lowest BCUT2D eigenvalue weighted by Crippen LogP contribution is -2.14. The van der Waals surface area contributed by atoms with Gasteiger partial charge in [0.2, 0.25) is 5.88 Å². The third kappa shape index (κ3) is 4.55. The number of benzene rings is 1. The Kier molecular flexibility index (Phi) is 5.72. The molecule has 2 aromatic rings. The molecule has 0 fully saturated rings. The second-order valence-electron chi connectivity index (χ2n) is 5.05. The number of aliphatic hydroxyl groups excluding tert-OH is 1. The molecule has 0 unspecified atom stereocenters. The maximum Gasteiger partial charge on any atom is 0.222 e. The highest BCUT2D eigenvalue weighted by atomic mass is 16.5. The number of hydrogen-bond donors (Lipinski definition) is 2. The molecule has 112 valence electrons. The Morgan fingerprint density at radius 1 is 1.19 bits per heavy atom. The topological polar surface area (TPSA) is 54.4 Å². The van der Waals surface area contributed by atoms with Crippen LogP contribution in [0.25, 0.3) is 0 Å². The van der Waals surface area contributed by atoms with Crippen LogP contribution in [0.15, 0.2) is 36.5 Å². The minimum absolute atomic E-state index is 0.0387. The van der Waals surface area contributed by atoms with E-state index in [2.05, 4.69) is 23.3 Å². The second kappa shape index (κ2) is 7.76. The van der Waals surface area contributed by atoms with Crippen molar-refractivity contribution in [3.63, 3.8) is 0 Å². The average molecular weight is 286 g/mol. The fourth-order valence-electron chi connectivity index (χ4n) is 2.01. The number of aryl methyl sites for hydroxylation is 1. The Hall–Kier alpha value is -1.91. The first-order valence-corrected chi connectivity index (χ1v) is 7.26. The monoisotopic (exact) mass is 286 g/mol. The van der Waals surface area contributed by atoms with Crippen molar-refractivity contribution in [1.82, 2.24) is 10.3 Å². The van der Waals surface area contributed by atoms with Crippen molar-refractivity contribution in [2.24, 2.45) is 0 Å². The van der Waals surface area contributed by atoms with Crippen molar-refractivity contribution < 1.29 is 9.84 Å². The van der Waals surface area contributed by atoms with Crippen molar-refractivity contribution in [3.8, 4) is 11.6 Å². The summed E-state index contributed by atoms with van der Waals surface area (Å²) >= 11 is 0. The molecule has 2 rings (SSSR count). The van der Waals surface area contributed by atoms with Gasteiger partial charge in [-0.25, -0.2) is 4.98 Å². The lowest BCUT2D eigenvalue weighted by molar-refractivity contribution is 0.281. The first-order valence-electron chi connectivity index (χ1n) is 7.26. The summed E-state index contributed by atoms with van der Waals surface area (Å²) in [7, 11) is 0. The molecule has 0 bridgehead atoms. The quantitative estimate of drug-likeness (QED) is 0.768. The summed E-state index contributed by atoms with van der Waals surface area (Å²) < 4.78 is 5.78. The molecule has 1 aromatic heterocycles. The van der Waals surface area contributed by atoms with E-state index >= 15 is 0 Å². The van der Waals surface area contributed by atoms with Crippen LogP contribution in [0.3, 0.4) is 0 Å². The number of nitrogens with one attached hydrogen (secondary N) is 1. The summed E-state index contributed by atoms with van der Waals surface area (Å²) in [5.41, 5.74) is 3.03. The largest absolute Gasteiger partial charge is 0.439 e. The van der Waals surface area contributed by atoms with Gasteiger partial charge in [0.1, 0.15) is 5.75 Å². The summed E-state index contributed by atoms with van der Waals surface area (Å²) in [5.74, 6) is 1.34. The van der Waals surface area contributed by atoms with Gasteiger partial charge in [0.15, 0.2) is 0 Å². The van der Waals surface area contributed by atoms with Gasteiger partial charge >= 0.3 is 0 Å². The van der Waals surface area contributed by atoms with Crippen LogP contribution in [0.4, 0.5) is 0 Å². The molecule has 0 saturated carbocycles. The lowest BCUT2D eigenvalue weighted by atomic mass is 10.2. The highest BCUT2D eigenvalue weighted by molar-refractivity contribution is 5.34. The lowest BCUT2D eigenvalue weighted by Gasteiger charge is -2.10. The first kappa shape index (κ1) is 15.5. The number of rotatable bonds is 7. The molecule has 0 atom stereocenters. The molecule has 1 heterocycles. The number of aliphatic hydroxyl groups is 1. The van der Waals surface area contributed by atoms with E-state index in [0.29, 0.717) is 5.88 Å². The fraction of sp³-hybridized carbons (Fsp3) is 0.353. The summed E-state index contributed by atoms with van der Waals surface area (Å²) in [6, 6.07) is 9.45. The minimum Gasteiger partial charge on any atom is -0.439 e. The van der Waals surface area contributed by atoms with Crippen LogP contribution in [0.2, 0.25) is 0 Å². The van der Waals surface area contributed by atoms with Crippen molar-refractivity contribution in [1.29, 1.82) is 0 Å². The zero-order valence-electron chi connectivity index (χ0n) is 12.6. The van der Waals surface area contributed by atoms with E-state index < -0.39 is 0 Å². The second-order valence-corrected chi connectivity index (χ2v) is 5.05. The van der Waals surface area contributed by atoms with Gasteiger partial charge in [0, 0.05) is 18.3 Å². The van der Waals surface area contributed by atoms with E-state index in [9.17, 15) is 0 Å². The van der Waals surface area contributed by atoms with Gasteiger partial charge in [-0.15, -0.1) is 0 Å². The van der Waals surface area contributed by atoms with Crippen LogP contribution in [0.1, 0.15) is 30.0 Å². The van der Waals surface area contributed by atoms with Gasteiger partial charge in [-0.3, -0.25) is 0 Å². The predicted octanol–water partition coefficient (Wildman–Crippen LogP) is 3.17. The van der Waals surface area contributed by atoms with Crippen LogP contribution >= 0.6 is 0 Å². The fourth-order valence-corrected chi connectivity index (χ4v) is 2.01. The van der Waals surface area contributed by atoms with E-state index in [4.69, 9.17) is 9.84 Å². The summed E-state index contributed by atoms with van der Waals surface area (Å²) in [6.07, 6.45) is 2.96. The molecular formula is C17H22N2O2. The first-order chi connectivity index (χ1) is 10.2. The molecule has 4 nitrogen and oxygen atoms in total. The summed E-state index contributed by atoms with van der Waals surface area (Å²) in [4.78, 5) is 4.38. The van der Waals surface area contributed by atoms with Crippen LogP contribution in [0, 0.1) is 6.92 Å². The summed E-state index contributed by atoms with van der Waals surface area (Å²) in [5, 5.41) is 12.4. The van der Waals surface area contributed by atoms with Crippen LogP contribution < -0.4 is 10.1 Å². The molecule has 0 spiro atoms. The molecule has 21 heavy (non-hydrogen) atoms. The highest BCUT2D eigenvalue weighted by Crippen LogP contribution is 2.23. The van der Waals surface area contributed by atoms with E-state index in [1.807, 2.05) is 37.4 Å². The van der Waals surface area contributed by atoms with E-state index in [-0.39, 0.29) is 6.61 Å². The van der Waals surface area contributed by atoms with Gasteiger partial charge in [-0.1, -0.05) is 19.1 Å². The molecule has 0 saturated heterocycles. The third-order valence-electron chi connectivity index (χ3n) is 3.16. The van der Waals surface area contributed by atoms with Gasteiger partial charge in [-0.2, -0.15) is 0 Å². The SMILES string of the molecule is CCCNCc1cnc(Oc2ccc(CO)cc2)c(C)c1. The summed E-state index contributed by atoms with van der Waals surface area (Å²) in [6.45, 7) is 6.02. The Morgan fingerprint density at radius 3 is 2.57 bits per heavy atom. The zero-order chi connectivity index (χ0) is 15.1. The Bertz CT molecular complexity index is 568. The standard InChI is InChI=1S/C17H22N2O2/c1-3-8-18-10-15-9-13(2)17(19-11-15)21-16-6-4-14(12-20)5-7-16/h4-7,9,11,18,20H,3,8,10,12H2,1-2H3. The van der Waals surface area contributed by atoms with E-state index in [1.165, 1.54) is 0 Å². The Labute approximate surface area is 125 Å². The molecule has 2 N–H and O–H groups in total. The van der Waals surface area contributed by atoms with Crippen molar-refractivity contribution in [2.75, 3.05) is 6.54 Å². The highest BCUT2D eigenvalue weighted by Gasteiger charge is 2.05. The number of hydrogen-bond acceptors (Lipinski definition) is 4. The van der Waals surface area contributed by atoms with Crippen molar-refractivity contribution in [2.45, 2.75) is 33.4 Å². The molecule has 1 aromatic carbocycles. The molecule has 0 aliphatic heterocycles. The normalized spacial score (nSPS) is 10.6. The Morgan fingerprint density at radius 2 is 1.95 bits per heavy atom. The van der Waals surface area contributed by atoms with E-state index in [0.717, 1.165) is 42.0 Å². The maximum absolute atomic E-state index is 9.02. The number of ether oxygens (including phenoxy) is 1.